The molecule has 19 heavy (non-hydrogen) atoms. The first-order valence-electron chi connectivity index (χ1n) is 6.15. The highest BCUT2D eigenvalue weighted by Crippen LogP contribution is 2.21. The van der Waals surface area contributed by atoms with Gasteiger partial charge in [-0.1, -0.05) is 30.3 Å². The maximum atomic E-state index is 10.7. The molecule has 0 amide bonds. The van der Waals surface area contributed by atoms with E-state index in [1.807, 2.05) is 42.6 Å². The van der Waals surface area contributed by atoms with Crippen molar-refractivity contribution in [3.05, 3.63) is 48.2 Å². The first kappa shape index (κ1) is 13.2. The van der Waals surface area contributed by atoms with E-state index in [0.717, 1.165) is 16.8 Å². The maximum Gasteiger partial charge on any atom is 0.302 e. The van der Waals surface area contributed by atoms with Crippen LogP contribution >= 0.6 is 0 Å². The minimum absolute atomic E-state index is 0.255. The number of hydrogen-bond acceptors (Lipinski definition) is 3. The summed E-state index contributed by atoms with van der Waals surface area (Å²) in [6, 6.07) is 12.1. The lowest BCUT2D eigenvalue weighted by Gasteiger charge is -2.06. The molecule has 0 aliphatic carbocycles. The van der Waals surface area contributed by atoms with Crippen LogP contribution in [0.1, 0.15) is 12.5 Å². The summed E-state index contributed by atoms with van der Waals surface area (Å²) in [6.45, 7) is 1.80. The number of carbonyl (C=O) groups excluding carboxylic acids is 1. The zero-order valence-electron chi connectivity index (χ0n) is 11.1. The average Bonchev–Trinajstić information content (AvgIpc) is 2.82. The number of benzene rings is 1. The molecule has 0 fully saturated rings. The van der Waals surface area contributed by atoms with Gasteiger partial charge in [0.15, 0.2) is 0 Å². The van der Waals surface area contributed by atoms with Crippen molar-refractivity contribution in [2.45, 2.75) is 13.3 Å². The van der Waals surface area contributed by atoms with E-state index in [9.17, 15) is 4.79 Å². The SMILES string of the molecule is COn1cc(CCOC(C)=O)cc1-c1ccccc1. The van der Waals surface area contributed by atoms with Crippen LogP contribution in [0.5, 0.6) is 0 Å². The summed E-state index contributed by atoms with van der Waals surface area (Å²) in [5, 5.41) is 0. The standard InChI is InChI=1S/C15H17NO3/c1-12(17)19-9-8-13-10-15(16(11-13)18-2)14-6-4-3-5-7-14/h3-7,10-11H,8-9H2,1-2H3. The molecule has 0 saturated heterocycles. The molecule has 1 aromatic heterocycles. The number of esters is 1. The molecule has 0 N–H and O–H groups in total. The fourth-order valence-electron chi connectivity index (χ4n) is 1.92. The van der Waals surface area contributed by atoms with E-state index in [1.165, 1.54) is 6.92 Å². The normalized spacial score (nSPS) is 10.2. The van der Waals surface area contributed by atoms with Crippen LogP contribution in [-0.4, -0.2) is 24.4 Å². The molecule has 1 heterocycles. The highest BCUT2D eigenvalue weighted by Gasteiger charge is 2.08. The van der Waals surface area contributed by atoms with Crippen molar-refractivity contribution >= 4 is 5.97 Å². The van der Waals surface area contributed by atoms with E-state index in [4.69, 9.17) is 9.57 Å². The van der Waals surface area contributed by atoms with Crippen molar-refractivity contribution in [1.82, 2.24) is 4.73 Å². The maximum absolute atomic E-state index is 10.7. The zero-order chi connectivity index (χ0) is 13.7. The highest BCUT2D eigenvalue weighted by atomic mass is 16.6. The molecule has 0 aliphatic rings. The van der Waals surface area contributed by atoms with Crippen LogP contribution in [0.25, 0.3) is 11.3 Å². The van der Waals surface area contributed by atoms with Crippen molar-refractivity contribution in [2.24, 2.45) is 0 Å². The first-order chi connectivity index (χ1) is 9.20. The fraction of sp³-hybridized carbons (Fsp3) is 0.267. The largest absolute Gasteiger partial charge is 0.466 e. The monoisotopic (exact) mass is 259 g/mol. The van der Waals surface area contributed by atoms with Crippen molar-refractivity contribution < 1.29 is 14.4 Å². The summed E-state index contributed by atoms with van der Waals surface area (Å²) in [5.74, 6) is -0.255. The Morgan fingerprint density at radius 1 is 1.26 bits per heavy atom. The van der Waals surface area contributed by atoms with Crippen LogP contribution in [0.2, 0.25) is 0 Å². The van der Waals surface area contributed by atoms with Gasteiger partial charge in [-0.3, -0.25) is 4.79 Å². The van der Waals surface area contributed by atoms with Crippen LogP contribution in [0, 0.1) is 0 Å². The highest BCUT2D eigenvalue weighted by molar-refractivity contribution is 5.66. The molecule has 2 rings (SSSR count). The van der Waals surface area contributed by atoms with Gasteiger partial charge in [0.05, 0.1) is 12.3 Å². The third-order valence-corrected chi connectivity index (χ3v) is 2.80. The van der Waals surface area contributed by atoms with Gasteiger partial charge < -0.3 is 9.57 Å². The molecule has 0 radical (unpaired) electrons. The molecular formula is C15H17NO3. The number of carbonyl (C=O) groups is 1. The van der Waals surface area contributed by atoms with Gasteiger partial charge in [-0.15, -0.1) is 0 Å². The zero-order valence-corrected chi connectivity index (χ0v) is 11.1. The summed E-state index contributed by atoms with van der Waals surface area (Å²) in [6.07, 6.45) is 2.58. The topological polar surface area (TPSA) is 40.5 Å². The lowest BCUT2D eigenvalue weighted by Crippen LogP contribution is -2.05. The van der Waals surface area contributed by atoms with Gasteiger partial charge in [-0.25, -0.2) is 0 Å². The lowest BCUT2D eigenvalue weighted by atomic mass is 10.1. The van der Waals surface area contributed by atoms with Crippen molar-refractivity contribution in [1.29, 1.82) is 0 Å². The Labute approximate surface area is 112 Å². The average molecular weight is 259 g/mol. The minimum atomic E-state index is -0.255. The molecule has 2 aromatic rings. The van der Waals surface area contributed by atoms with Gasteiger partial charge >= 0.3 is 5.97 Å². The smallest absolute Gasteiger partial charge is 0.302 e. The summed E-state index contributed by atoms with van der Waals surface area (Å²) in [4.78, 5) is 16.0. The number of hydrogen-bond donors (Lipinski definition) is 0. The second kappa shape index (κ2) is 6.09. The van der Waals surface area contributed by atoms with Crippen LogP contribution in [0.15, 0.2) is 42.6 Å². The van der Waals surface area contributed by atoms with E-state index in [1.54, 1.807) is 11.8 Å². The van der Waals surface area contributed by atoms with E-state index in [2.05, 4.69) is 0 Å². The number of rotatable bonds is 5. The number of ether oxygens (including phenoxy) is 1. The molecule has 4 nitrogen and oxygen atoms in total. The Bertz CT molecular complexity index is 546. The van der Waals surface area contributed by atoms with Crippen LogP contribution in [0.4, 0.5) is 0 Å². The van der Waals surface area contributed by atoms with Gasteiger partial charge in [-0.2, -0.15) is 4.73 Å². The number of nitrogens with zero attached hydrogens (tertiary/aromatic N) is 1. The van der Waals surface area contributed by atoms with E-state index in [0.29, 0.717) is 13.0 Å². The molecular weight excluding hydrogens is 242 g/mol. The van der Waals surface area contributed by atoms with Gasteiger partial charge in [0.2, 0.25) is 0 Å². The third kappa shape index (κ3) is 3.37. The predicted molar refractivity (Wildman–Crippen MR) is 72.7 cm³/mol. The molecule has 0 spiro atoms. The summed E-state index contributed by atoms with van der Waals surface area (Å²) >= 11 is 0. The first-order valence-corrected chi connectivity index (χ1v) is 6.15. The Morgan fingerprint density at radius 3 is 2.63 bits per heavy atom. The Hall–Kier alpha value is -2.23. The Morgan fingerprint density at radius 2 is 2.00 bits per heavy atom. The van der Waals surface area contributed by atoms with E-state index >= 15 is 0 Å². The summed E-state index contributed by atoms with van der Waals surface area (Å²) in [7, 11) is 1.63. The quantitative estimate of drug-likeness (QED) is 0.774. The van der Waals surface area contributed by atoms with Crippen LogP contribution in [-0.2, 0) is 16.0 Å². The van der Waals surface area contributed by atoms with Crippen LogP contribution < -0.4 is 4.84 Å². The van der Waals surface area contributed by atoms with Crippen molar-refractivity contribution in [3.63, 3.8) is 0 Å². The fourth-order valence-corrected chi connectivity index (χ4v) is 1.92. The lowest BCUT2D eigenvalue weighted by molar-refractivity contribution is -0.140. The second-order valence-electron chi connectivity index (χ2n) is 4.20. The molecule has 100 valence electrons. The van der Waals surface area contributed by atoms with Crippen molar-refractivity contribution in [2.75, 3.05) is 13.7 Å². The molecule has 0 atom stereocenters. The molecule has 0 unspecified atom stereocenters. The molecule has 1 aromatic carbocycles. The third-order valence-electron chi connectivity index (χ3n) is 2.80. The van der Waals surface area contributed by atoms with E-state index in [-0.39, 0.29) is 5.97 Å². The van der Waals surface area contributed by atoms with E-state index < -0.39 is 0 Å². The molecule has 0 aliphatic heterocycles. The molecule has 0 bridgehead atoms. The molecule has 0 saturated carbocycles. The second-order valence-corrected chi connectivity index (χ2v) is 4.20. The molecule has 4 heteroatoms. The van der Waals surface area contributed by atoms with Gasteiger partial charge in [0, 0.05) is 25.1 Å². The summed E-state index contributed by atoms with van der Waals surface area (Å²) < 4.78 is 6.67. The minimum Gasteiger partial charge on any atom is -0.466 e. The summed E-state index contributed by atoms with van der Waals surface area (Å²) in [5.41, 5.74) is 3.14. The van der Waals surface area contributed by atoms with Gasteiger partial charge in [-0.05, 0) is 11.6 Å². The van der Waals surface area contributed by atoms with Gasteiger partial charge in [0.1, 0.15) is 7.11 Å². The predicted octanol–water partition coefficient (Wildman–Crippen LogP) is 2.32. The van der Waals surface area contributed by atoms with Crippen LogP contribution in [0.3, 0.4) is 0 Å². The Kier molecular flexibility index (Phi) is 4.23. The Balaban J connectivity index is 2.16. The van der Waals surface area contributed by atoms with Crippen molar-refractivity contribution in [3.8, 4) is 11.3 Å². The number of aromatic nitrogens is 1. The van der Waals surface area contributed by atoms with Gasteiger partial charge in [0.25, 0.3) is 0 Å².